The van der Waals surface area contributed by atoms with E-state index in [2.05, 4.69) is 0 Å². The summed E-state index contributed by atoms with van der Waals surface area (Å²) in [6.45, 7) is 4.97. The first kappa shape index (κ1) is 28.9. The number of esters is 1. The van der Waals surface area contributed by atoms with Gasteiger partial charge in [-0.05, 0) is 50.3 Å². The summed E-state index contributed by atoms with van der Waals surface area (Å²) in [5.74, 6) is -3.36. The van der Waals surface area contributed by atoms with Crippen molar-refractivity contribution in [3.05, 3.63) is 23.8 Å². The summed E-state index contributed by atoms with van der Waals surface area (Å²) >= 11 is 0. The van der Waals surface area contributed by atoms with Crippen LogP contribution in [-0.4, -0.2) is 55.2 Å². The molecule has 36 heavy (non-hydrogen) atoms. The van der Waals surface area contributed by atoms with Crippen LogP contribution in [0.2, 0.25) is 0 Å². The van der Waals surface area contributed by atoms with Gasteiger partial charge in [0.25, 0.3) is 0 Å². The molecule has 3 atom stereocenters. The smallest absolute Gasteiger partial charge is 0.480 e. The summed E-state index contributed by atoms with van der Waals surface area (Å²) in [5.41, 5.74) is 6.40. The van der Waals surface area contributed by atoms with Crippen LogP contribution in [0.3, 0.4) is 0 Å². The zero-order chi connectivity index (χ0) is 26.7. The Balaban J connectivity index is 2.30. The molecule has 2 unspecified atom stereocenters. The molecule has 0 saturated heterocycles. The molecule has 0 radical (unpaired) electrons. The predicted octanol–water partition coefficient (Wildman–Crippen LogP) is 4.01. The van der Waals surface area contributed by atoms with Crippen molar-refractivity contribution in [3.8, 4) is 11.5 Å². The second-order valence-electron chi connectivity index (χ2n) is 8.61. The normalized spacial score (nSPS) is 16.2. The number of carboxylic acid groups (broad SMARTS) is 1. The molecule has 3 N–H and O–H groups in total. The van der Waals surface area contributed by atoms with E-state index in [1.54, 1.807) is 20.8 Å². The third-order valence-electron chi connectivity index (χ3n) is 5.98. The van der Waals surface area contributed by atoms with Gasteiger partial charge < -0.3 is 34.5 Å². The SMILES string of the molecule is CCOC(=O)Oc1ccc(C(C(C)COC(=O)C2CCCCC2)[C@H](N)C(=O)O)cc1OC(=O)OCC. The highest BCUT2D eigenvalue weighted by molar-refractivity contribution is 5.75. The van der Waals surface area contributed by atoms with Crippen molar-refractivity contribution in [1.29, 1.82) is 0 Å². The van der Waals surface area contributed by atoms with Crippen molar-refractivity contribution in [1.82, 2.24) is 0 Å². The van der Waals surface area contributed by atoms with Gasteiger partial charge in [0.05, 0.1) is 25.7 Å². The third kappa shape index (κ3) is 8.40. The zero-order valence-electron chi connectivity index (χ0n) is 20.9. The molecule has 0 aromatic heterocycles. The van der Waals surface area contributed by atoms with Crippen molar-refractivity contribution in [2.45, 2.75) is 64.8 Å². The van der Waals surface area contributed by atoms with Crippen molar-refractivity contribution in [3.63, 3.8) is 0 Å². The second-order valence-corrected chi connectivity index (χ2v) is 8.61. The Labute approximate surface area is 210 Å². The highest BCUT2D eigenvalue weighted by atomic mass is 16.7. The molecule has 0 spiro atoms. The number of nitrogens with two attached hydrogens (primary N) is 1. The Morgan fingerprint density at radius 3 is 2.08 bits per heavy atom. The van der Waals surface area contributed by atoms with Gasteiger partial charge in [-0.3, -0.25) is 9.59 Å². The minimum atomic E-state index is -1.36. The van der Waals surface area contributed by atoms with Gasteiger partial charge >= 0.3 is 24.2 Å². The number of benzene rings is 1. The van der Waals surface area contributed by atoms with Crippen LogP contribution in [0.25, 0.3) is 0 Å². The Bertz CT molecular complexity index is 912. The van der Waals surface area contributed by atoms with Gasteiger partial charge in [0.1, 0.15) is 6.04 Å². The maximum absolute atomic E-state index is 12.5. The van der Waals surface area contributed by atoms with Gasteiger partial charge in [0.15, 0.2) is 11.5 Å². The summed E-state index contributed by atoms with van der Waals surface area (Å²) in [4.78, 5) is 48.1. The third-order valence-corrected chi connectivity index (χ3v) is 5.98. The number of aliphatic carboxylic acids is 1. The summed E-state index contributed by atoms with van der Waals surface area (Å²) in [7, 11) is 0. The van der Waals surface area contributed by atoms with Gasteiger partial charge in [0, 0.05) is 5.92 Å². The lowest BCUT2D eigenvalue weighted by Gasteiger charge is -2.29. The number of rotatable bonds is 11. The summed E-state index contributed by atoms with van der Waals surface area (Å²) in [6, 6.07) is 2.82. The molecule has 200 valence electrons. The Morgan fingerprint density at radius 2 is 1.53 bits per heavy atom. The van der Waals surface area contributed by atoms with E-state index in [1.807, 2.05) is 0 Å². The Kier molecular flexibility index (Phi) is 11.5. The first-order chi connectivity index (χ1) is 17.2. The number of hydrogen-bond donors (Lipinski definition) is 2. The molecule has 0 heterocycles. The number of ether oxygens (including phenoxy) is 5. The quantitative estimate of drug-likeness (QED) is 0.252. The highest BCUT2D eigenvalue weighted by Gasteiger charge is 2.33. The number of carbonyl (C=O) groups excluding carboxylic acids is 3. The van der Waals surface area contributed by atoms with E-state index < -0.39 is 36.2 Å². The number of carboxylic acids is 1. The number of hydrogen-bond acceptors (Lipinski definition) is 10. The fourth-order valence-electron chi connectivity index (χ4n) is 4.19. The van der Waals surface area contributed by atoms with Crippen LogP contribution >= 0.6 is 0 Å². The topological polar surface area (TPSA) is 161 Å². The first-order valence-electron chi connectivity index (χ1n) is 12.2. The van der Waals surface area contributed by atoms with E-state index in [-0.39, 0.29) is 43.2 Å². The molecule has 1 aromatic rings. The van der Waals surface area contributed by atoms with Gasteiger partial charge in [0.2, 0.25) is 0 Å². The molecule has 11 heteroatoms. The van der Waals surface area contributed by atoms with Crippen LogP contribution in [0.5, 0.6) is 11.5 Å². The molecule has 11 nitrogen and oxygen atoms in total. The molecule has 1 fully saturated rings. The fourth-order valence-corrected chi connectivity index (χ4v) is 4.19. The fraction of sp³-hybridized carbons (Fsp3) is 0.600. The molecular formula is C25H35NO10. The standard InChI is InChI=1S/C25H35NO10/c1-4-32-24(30)35-18-12-11-17(13-19(18)36-25(31)33-5-2)20(21(26)22(27)28)15(3)14-34-23(29)16-9-7-6-8-10-16/h11-13,15-16,20-21H,4-10,14,26H2,1-3H3,(H,27,28)/t15?,20?,21-/m0/s1. The van der Waals surface area contributed by atoms with Gasteiger partial charge in [-0.25, -0.2) is 9.59 Å². The second kappa shape index (κ2) is 14.3. The molecule has 0 amide bonds. The van der Waals surface area contributed by atoms with E-state index in [0.29, 0.717) is 5.56 Å². The van der Waals surface area contributed by atoms with E-state index in [1.165, 1.54) is 18.2 Å². The largest absolute Gasteiger partial charge is 0.513 e. The van der Waals surface area contributed by atoms with Crippen LogP contribution in [0, 0.1) is 11.8 Å². The van der Waals surface area contributed by atoms with Crippen LogP contribution in [0.1, 0.15) is 64.4 Å². The molecular weight excluding hydrogens is 474 g/mol. The zero-order valence-corrected chi connectivity index (χ0v) is 20.9. The Morgan fingerprint density at radius 1 is 0.944 bits per heavy atom. The first-order valence-corrected chi connectivity index (χ1v) is 12.2. The lowest BCUT2D eigenvalue weighted by Crippen LogP contribution is -2.41. The molecule has 0 bridgehead atoms. The van der Waals surface area contributed by atoms with Crippen molar-refractivity contribution in [2.24, 2.45) is 17.6 Å². The van der Waals surface area contributed by atoms with Crippen molar-refractivity contribution >= 4 is 24.2 Å². The minimum Gasteiger partial charge on any atom is -0.480 e. The molecule has 1 aromatic carbocycles. The summed E-state index contributed by atoms with van der Waals surface area (Å²) < 4.78 is 25.4. The van der Waals surface area contributed by atoms with Gasteiger partial charge in [-0.15, -0.1) is 0 Å². The van der Waals surface area contributed by atoms with Gasteiger partial charge in [-0.1, -0.05) is 32.3 Å². The Hall–Kier alpha value is -3.34. The van der Waals surface area contributed by atoms with Crippen molar-refractivity contribution in [2.75, 3.05) is 19.8 Å². The molecule has 1 saturated carbocycles. The van der Waals surface area contributed by atoms with Crippen LogP contribution in [-0.2, 0) is 23.8 Å². The maximum Gasteiger partial charge on any atom is 0.513 e. The highest BCUT2D eigenvalue weighted by Crippen LogP contribution is 2.36. The van der Waals surface area contributed by atoms with E-state index in [0.717, 1.165) is 32.1 Å². The average molecular weight is 510 g/mol. The van der Waals surface area contributed by atoms with Crippen LogP contribution in [0.4, 0.5) is 9.59 Å². The van der Waals surface area contributed by atoms with E-state index >= 15 is 0 Å². The molecule has 1 aliphatic carbocycles. The lowest BCUT2D eigenvalue weighted by atomic mass is 9.82. The average Bonchev–Trinajstić information content (AvgIpc) is 2.84. The molecule has 0 aliphatic heterocycles. The summed E-state index contributed by atoms with van der Waals surface area (Å²) in [6.07, 6.45) is 2.56. The number of carbonyl (C=O) groups is 4. The van der Waals surface area contributed by atoms with Crippen LogP contribution in [0.15, 0.2) is 18.2 Å². The lowest BCUT2D eigenvalue weighted by molar-refractivity contribution is -0.151. The predicted molar refractivity (Wildman–Crippen MR) is 127 cm³/mol. The van der Waals surface area contributed by atoms with Crippen LogP contribution < -0.4 is 15.2 Å². The van der Waals surface area contributed by atoms with Gasteiger partial charge in [-0.2, -0.15) is 0 Å². The summed E-state index contributed by atoms with van der Waals surface area (Å²) in [5, 5.41) is 9.64. The monoisotopic (exact) mass is 509 g/mol. The van der Waals surface area contributed by atoms with E-state index in [9.17, 15) is 24.3 Å². The van der Waals surface area contributed by atoms with Crippen molar-refractivity contribution < 1.29 is 48.0 Å². The molecule has 1 aliphatic rings. The molecule has 2 rings (SSSR count). The maximum atomic E-state index is 12.5. The minimum absolute atomic E-state index is 0.0441. The van der Waals surface area contributed by atoms with E-state index in [4.69, 9.17) is 29.4 Å².